The Morgan fingerprint density at radius 1 is 1.18 bits per heavy atom. The van der Waals surface area contributed by atoms with E-state index in [9.17, 15) is 0 Å². The Balaban J connectivity index is 1.43. The Hall–Kier alpha value is -1.90. The highest BCUT2D eigenvalue weighted by Gasteiger charge is 2.12. The lowest BCUT2D eigenvalue weighted by atomic mass is 10.4. The predicted molar refractivity (Wildman–Crippen MR) is 87.0 cm³/mol. The largest absolute Gasteiger partial charge is 0.459 e. The maximum atomic E-state index is 5.55. The normalized spacial score (nSPS) is 11.1. The Bertz CT molecular complexity index is 777. The molecule has 0 bridgehead atoms. The molecule has 0 amide bonds. The molecule has 0 aromatic carbocycles. The van der Waals surface area contributed by atoms with Crippen LogP contribution < -0.4 is 0 Å². The van der Waals surface area contributed by atoms with Gasteiger partial charge in [0.25, 0.3) is 11.1 Å². The molecule has 0 fully saturated rings. The summed E-state index contributed by atoms with van der Waals surface area (Å²) < 4.78 is 10.8. The van der Waals surface area contributed by atoms with Crippen molar-refractivity contribution in [3.8, 4) is 22.2 Å². The first-order valence-corrected chi connectivity index (χ1v) is 9.16. The molecule has 0 aliphatic heterocycles. The number of rotatable bonds is 5. The number of aromatic nitrogens is 3. The van der Waals surface area contributed by atoms with Gasteiger partial charge in [-0.3, -0.25) is 0 Å². The van der Waals surface area contributed by atoms with Gasteiger partial charge in [-0.1, -0.05) is 11.8 Å². The van der Waals surface area contributed by atoms with Crippen LogP contribution in [0.5, 0.6) is 0 Å². The van der Waals surface area contributed by atoms with Crippen molar-refractivity contribution in [2.75, 3.05) is 0 Å². The number of thiazole rings is 1. The smallest absolute Gasteiger partial charge is 0.284 e. The summed E-state index contributed by atoms with van der Waals surface area (Å²) in [6.45, 7) is 0. The van der Waals surface area contributed by atoms with E-state index in [1.807, 2.05) is 0 Å². The van der Waals surface area contributed by atoms with Crippen LogP contribution in [0.4, 0.5) is 0 Å². The van der Waals surface area contributed by atoms with Crippen molar-refractivity contribution < 1.29 is 8.83 Å². The lowest BCUT2D eigenvalue weighted by Gasteiger charge is -1.92. The van der Waals surface area contributed by atoms with Crippen LogP contribution in [0.25, 0.3) is 22.2 Å². The van der Waals surface area contributed by atoms with Crippen LogP contribution in [0.1, 0.15) is 5.69 Å². The summed E-state index contributed by atoms with van der Waals surface area (Å²) in [4.78, 5) is 4.62. The van der Waals surface area contributed by atoms with Gasteiger partial charge in [0.1, 0.15) is 5.01 Å². The van der Waals surface area contributed by atoms with Gasteiger partial charge in [-0.2, -0.15) is 11.3 Å². The van der Waals surface area contributed by atoms with E-state index in [-0.39, 0.29) is 0 Å². The molecule has 5 nitrogen and oxygen atoms in total. The van der Waals surface area contributed by atoms with Crippen LogP contribution in [0.15, 0.2) is 54.7 Å². The Morgan fingerprint density at radius 3 is 3.00 bits per heavy atom. The number of hydrogen-bond donors (Lipinski definition) is 0. The Morgan fingerprint density at radius 2 is 2.18 bits per heavy atom. The van der Waals surface area contributed by atoms with Crippen molar-refractivity contribution in [3.63, 3.8) is 0 Å². The van der Waals surface area contributed by atoms with Gasteiger partial charge < -0.3 is 8.83 Å². The van der Waals surface area contributed by atoms with Gasteiger partial charge in [-0.25, -0.2) is 4.98 Å². The van der Waals surface area contributed by atoms with Gasteiger partial charge in [-0.15, -0.1) is 21.5 Å². The molecule has 0 unspecified atom stereocenters. The third-order valence-corrected chi connectivity index (χ3v) is 5.28. The zero-order chi connectivity index (χ0) is 14.8. The predicted octanol–water partition coefficient (Wildman–Crippen LogP) is 4.81. The quantitative estimate of drug-likeness (QED) is 0.483. The van der Waals surface area contributed by atoms with Crippen LogP contribution in [0.2, 0.25) is 0 Å². The molecule has 0 saturated carbocycles. The van der Waals surface area contributed by atoms with Gasteiger partial charge in [0, 0.05) is 22.1 Å². The molecular formula is C14H9N3O2S3. The topological polar surface area (TPSA) is 65.0 Å². The van der Waals surface area contributed by atoms with E-state index >= 15 is 0 Å². The minimum absolute atomic E-state index is 0.393. The highest BCUT2D eigenvalue weighted by Crippen LogP contribution is 2.29. The van der Waals surface area contributed by atoms with Crippen LogP contribution in [0.3, 0.4) is 0 Å². The molecule has 0 N–H and O–H groups in total. The lowest BCUT2D eigenvalue weighted by Crippen LogP contribution is -1.81. The summed E-state index contributed by atoms with van der Waals surface area (Å²) in [6.07, 6.45) is 1.58. The third-order valence-electron chi connectivity index (χ3n) is 2.80. The first kappa shape index (κ1) is 13.7. The molecule has 0 radical (unpaired) electrons. The van der Waals surface area contributed by atoms with Gasteiger partial charge >= 0.3 is 0 Å². The van der Waals surface area contributed by atoms with Crippen molar-refractivity contribution in [1.29, 1.82) is 0 Å². The van der Waals surface area contributed by atoms with Crippen LogP contribution in [-0.4, -0.2) is 15.2 Å². The fourth-order valence-electron chi connectivity index (χ4n) is 1.80. The Kier molecular flexibility index (Phi) is 3.79. The van der Waals surface area contributed by atoms with Crippen LogP contribution in [0, 0.1) is 0 Å². The molecule has 22 heavy (non-hydrogen) atoms. The van der Waals surface area contributed by atoms with Gasteiger partial charge in [-0.05, 0) is 23.6 Å². The van der Waals surface area contributed by atoms with E-state index in [1.165, 1.54) is 17.3 Å². The van der Waals surface area contributed by atoms with E-state index in [0.29, 0.717) is 22.6 Å². The summed E-state index contributed by atoms with van der Waals surface area (Å²) in [5.41, 5.74) is 2.18. The fourth-order valence-corrected chi connectivity index (χ4v) is 4.09. The first-order valence-electron chi connectivity index (χ1n) is 6.35. The summed E-state index contributed by atoms with van der Waals surface area (Å²) >= 11 is 4.79. The zero-order valence-electron chi connectivity index (χ0n) is 11.1. The molecule has 0 aliphatic rings. The van der Waals surface area contributed by atoms with E-state index in [4.69, 9.17) is 8.83 Å². The van der Waals surface area contributed by atoms with Crippen molar-refractivity contribution in [2.24, 2.45) is 0 Å². The maximum absolute atomic E-state index is 5.55. The van der Waals surface area contributed by atoms with Gasteiger partial charge in [0.15, 0.2) is 5.76 Å². The molecule has 8 heteroatoms. The second-order valence-corrected chi connectivity index (χ2v) is 6.86. The highest BCUT2D eigenvalue weighted by atomic mass is 32.2. The molecule has 0 saturated heterocycles. The maximum Gasteiger partial charge on any atom is 0.284 e. The van der Waals surface area contributed by atoms with E-state index in [0.717, 1.165) is 10.7 Å². The number of nitrogens with zero attached hydrogens (tertiary/aromatic N) is 3. The molecular weight excluding hydrogens is 338 g/mol. The third kappa shape index (κ3) is 2.85. The number of hydrogen-bond acceptors (Lipinski definition) is 8. The minimum atomic E-state index is 0.393. The minimum Gasteiger partial charge on any atom is -0.459 e. The number of thiophene rings is 1. The van der Waals surface area contributed by atoms with Crippen molar-refractivity contribution >= 4 is 34.4 Å². The SMILES string of the molecule is c1coc(-c2nnc(SCc3csc(-c4ccsc4)n3)o2)c1. The van der Waals surface area contributed by atoms with Crippen molar-refractivity contribution in [1.82, 2.24) is 15.2 Å². The molecule has 4 rings (SSSR count). The second kappa shape index (κ2) is 6.07. The van der Waals surface area contributed by atoms with E-state index in [1.54, 1.807) is 41.1 Å². The average Bonchev–Trinajstić information content (AvgIpc) is 3.33. The highest BCUT2D eigenvalue weighted by molar-refractivity contribution is 7.98. The molecule has 110 valence electrons. The fraction of sp³-hybridized carbons (Fsp3) is 0.0714. The average molecular weight is 347 g/mol. The monoisotopic (exact) mass is 347 g/mol. The summed E-state index contributed by atoms with van der Waals surface area (Å²) in [5.74, 6) is 1.66. The summed E-state index contributed by atoms with van der Waals surface area (Å²) in [7, 11) is 0. The van der Waals surface area contributed by atoms with Crippen molar-refractivity contribution in [3.05, 3.63) is 46.3 Å². The molecule has 0 spiro atoms. The first-order chi connectivity index (χ1) is 10.9. The number of furan rings is 1. The molecule has 0 aliphatic carbocycles. The lowest BCUT2D eigenvalue weighted by molar-refractivity contribution is 0.447. The Labute approximate surface area is 138 Å². The summed E-state index contributed by atoms with van der Waals surface area (Å²) in [5, 5.41) is 15.7. The van der Waals surface area contributed by atoms with Crippen LogP contribution in [-0.2, 0) is 5.75 Å². The molecule has 0 atom stereocenters. The zero-order valence-corrected chi connectivity index (χ0v) is 13.6. The van der Waals surface area contributed by atoms with Crippen molar-refractivity contribution in [2.45, 2.75) is 11.0 Å². The van der Waals surface area contributed by atoms with E-state index in [2.05, 4.69) is 37.4 Å². The van der Waals surface area contributed by atoms with Gasteiger partial charge in [0.2, 0.25) is 0 Å². The second-order valence-electron chi connectivity index (χ2n) is 4.30. The molecule has 4 heterocycles. The molecule has 4 aromatic rings. The molecule has 4 aromatic heterocycles. The summed E-state index contributed by atoms with van der Waals surface area (Å²) in [6, 6.07) is 5.65. The van der Waals surface area contributed by atoms with E-state index < -0.39 is 0 Å². The number of thioether (sulfide) groups is 1. The standard InChI is InChI=1S/C14H9N3O2S3/c1-2-11(18-4-1)12-16-17-14(19-12)22-8-10-7-21-13(15-10)9-3-5-20-6-9/h1-7H,8H2. The van der Waals surface area contributed by atoms with Crippen LogP contribution >= 0.6 is 34.4 Å². The van der Waals surface area contributed by atoms with Gasteiger partial charge in [0.05, 0.1) is 12.0 Å².